The highest BCUT2D eigenvalue weighted by Gasteiger charge is 2.32. The molecular formula is C17H22ClF3N2O2. The Morgan fingerprint density at radius 2 is 1.68 bits per heavy atom. The molecule has 1 N–H and O–H groups in total. The fourth-order valence-corrected chi connectivity index (χ4v) is 3.44. The van der Waals surface area contributed by atoms with E-state index in [9.17, 15) is 18.0 Å². The highest BCUT2D eigenvalue weighted by Crippen LogP contribution is 2.30. The molecule has 1 aromatic rings. The van der Waals surface area contributed by atoms with Gasteiger partial charge in [0, 0.05) is 13.1 Å². The van der Waals surface area contributed by atoms with Crippen LogP contribution in [-0.4, -0.2) is 43.6 Å². The van der Waals surface area contributed by atoms with Gasteiger partial charge in [-0.05, 0) is 62.0 Å². The molecule has 2 heterocycles. The summed E-state index contributed by atoms with van der Waals surface area (Å²) in [5.41, 5.74) is -0.728. The fraction of sp³-hybridized carbons (Fsp3) is 0.588. The number of hydrogen-bond acceptors (Lipinski definition) is 3. The number of carbonyl (C=O) groups is 1. The van der Waals surface area contributed by atoms with Crippen molar-refractivity contribution in [2.75, 3.05) is 32.8 Å². The Kier molecular flexibility index (Phi) is 6.57. The van der Waals surface area contributed by atoms with Crippen LogP contribution in [-0.2, 0) is 11.0 Å². The van der Waals surface area contributed by atoms with Crippen LogP contribution in [0.1, 0.15) is 18.4 Å². The average molecular weight is 379 g/mol. The molecule has 0 aromatic heterocycles. The number of benzene rings is 1. The lowest BCUT2D eigenvalue weighted by Gasteiger charge is -2.21. The van der Waals surface area contributed by atoms with Gasteiger partial charge in [0.15, 0.2) is 6.61 Å². The second-order valence-corrected chi connectivity index (χ2v) is 6.45. The van der Waals surface area contributed by atoms with Gasteiger partial charge in [0.1, 0.15) is 5.75 Å². The maximum absolute atomic E-state index is 12.5. The molecule has 25 heavy (non-hydrogen) atoms. The molecule has 0 unspecified atom stereocenters. The molecule has 0 radical (unpaired) electrons. The van der Waals surface area contributed by atoms with E-state index in [-0.39, 0.29) is 30.7 Å². The number of nitrogens with zero attached hydrogens (tertiary/aromatic N) is 1. The van der Waals surface area contributed by atoms with Crippen molar-refractivity contribution >= 4 is 18.3 Å². The van der Waals surface area contributed by atoms with Crippen molar-refractivity contribution in [2.45, 2.75) is 19.0 Å². The third kappa shape index (κ3) is 5.01. The molecule has 1 amide bonds. The predicted octanol–water partition coefficient (Wildman–Crippen LogP) is 2.96. The molecule has 2 aliphatic rings. The molecule has 0 bridgehead atoms. The van der Waals surface area contributed by atoms with Crippen LogP contribution in [0.2, 0.25) is 0 Å². The lowest BCUT2D eigenvalue weighted by Crippen LogP contribution is -2.36. The maximum atomic E-state index is 12.5. The van der Waals surface area contributed by atoms with Crippen LogP contribution in [0.4, 0.5) is 13.2 Å². The average Bonchev–Trinajstić information content (AvgIpc) is 2.90. The maximum Gasteiger partial charge on any atom is 0.416 e. The van der Waals surface area contributed by atoms with Gasteiger partial charge < -0.3 is 15.0 Å². The third-order valence-corrected chi connectivity index (χ3v) is 4.92. The summed E-state index contributed by atoms with van der Waals surface area (Å²) in [5, 5.41) is 3.39. The van der Waals surface area contributed by atoms with Crippen LogP contribution in [0.3, 0.4) is 0 Å². The van der Waals surface area contributed by atoms with Gasteiger partial charge in [-0.1, -0.05) is 0 Å². The molecule has 3 rings (SSSR count). The smallest absolute Gasteiger partial charge is 0.416 e. The van der Waals surface area contributed by atoms with Crippen LogP contribution in [0.15, 0.2) is 24.3 Å². The zero-order valence-corrected chi connectivity index (χ0v) is 14.5. The van der Waals surface area contributed by atoms with Crippen LogP contribution in [0, 0.1) is 11.8 Å². The van der Waals surface area contributed by atoms with E-state index in [2.05, 4.69) is 5.32 Å². The SMILES string of the molecule is Cl.O=C(COc1ccc(C(F)(F)F)cc1)N1CC[C@@H]2CNC[C@@H]2CC1. The summed E-state index contributed by atoms with van der Waals surface area (Å²) in [6, 6.07) is 4.41. The molecule has 0 saturated carbocycles. The van der Waals surface area contributed by atoms with E-state index in [1.54, 1.807) is 0 Å². The molecule has 8 heteroatoms. The van der Waals surface area contributed by atoms with Gasteiger partial charge in [-0.25, -0.2) is 0 Å². The van der Waals surface area contributed by atoms with E-state index in [0.29, 0.717) is 11.8 Å². The topological polar surface area (TPSA) is 41.6 Å². The van der Waals surface area contributed by atoms with Crippen LogP contribution in [0.5, 0.6) is 5.75 Å². The highest BCUT2D eigenvalue weighted by atomic mass is 35.5. The molecule has 140 valence electrons. The van der Waals surface area contributed by atoms with E-state index in [0.717, 1.165) is 51.2 Å². The second kappa shape index (κ2) is 8.27. The molecule has 0 spiro atoms. The number of likely N-dealkylation sites (tertiary alicyclic amines) is 1. The Balaban J connectivity index is 0.00000225. The van der Waals surface area contributed by atoms with Crippen molar-refractivity contribution in [1.82, 2.24) is 10.2 Å². The van der Waals surface area contributed by atoms with Crippen LogP contribution < -0.4 is 10.1 Å². The van der Waals surface area contributed by atoms with E-state index in [1.807, 2.05) is 4.90 Å². The Bertz CT molecular complexity index is 566. The largest absolute Gasteiger partial charge is 0.484 e. The molecule has 1 aromatic carbocycles. The van der Waals surface area contributed by atoms with Gasteiger partial charge >= 0.3 is 6.18 Å². The summed E-state index contributed by atoms with van der Waals surface area (Å²) in [6.07, 6.45) is -2.39. The molecule has 0 aliphatic carbocycles. The Labute approximate surface area is 151 Å². The second-order valence-electron chi connectivity index (χ2n) is 6.45. The van der Waals surface area contributed by atoms with E-state index < -0.39 is 11.7 Å². The van der Waals surface area contributed by atoms with Crippen molar-refractivity contribution in [2.24, 2.45) is 11.8 Å². The normalized spacial score (nSPS) is 23.4. The summed E-state index contributed by atoms with van der Waals surface area (Å²) in [7, 11) is 0. The van der Waals surface area contributed by atoms with E-state index in [1.165, 1.54) is 12.1 Å². The zero-order chi connectivity index (χ0) is 17.2. The number of amides is 1. The number of alkyl halides is 3. The molecule has 4 nitrogen and oxygen atoms in total. The predicted molar refractivity (Wildman–Crippen MR) is 89.9 cm³/mol. The van der Waals surface area contributed by atoms with Crippen molar-refractivity contribution in [3.05, 3.63) is 29.8 Å². The molecule has 2 atom stereocenters. The lowest BCUT2D eigenvalue weighted by molar-refractivity contribution is -0.137. The van der Waals surface area contributed by atoms with Crippen molar-refractivity contribution in [1.29, 1.82) is 0 Å². The van der Waals surface area contributed by atoms with Gasteiger partial charge in [0.05, 0.1) is 5.56 Å². The molecule has 2 aliphatic heterocycles. The molecular weight excluding hydrogens is 357 g/mol. The third-order valence-electron chi connectivity index (χ3n) is 4.92. The first-order valence-corrected chi connectivity index (χ1v) is 8.22. The van der Waals surface area contributed by atoms with Crippen LogP contribution >= 0.6 is 12.4 Å². The quantitative estimate of drug-likeness (QED) is 0.879. The van der Waals surface area contributed by atoms with Gasteiger partial charge in [0.25, 0.3) is 5.91 Å². The van der Waals surface area contributed by atoms with Gasteiger partial charge in [-0.15, -0.1) is 12.4 Å². The monoisotopic (exact) mass is 378 g/mol. The Morgan fingerprint density at radius 3 is 2.20 bits per heavy atom. The summed E-state index contributed by atoms with van der Waals surface area (Å²) in [6.45, 7) is 3.35. The first-order valence-electron chi connectivity index (χ1n) is 8.22. The van der Waals surface area contributed by atoms with Gasteiger partial charge in [-0.2, -0.15) is 13.2 Å². The fourth-order valence-electron chi connectivity index (χ4n) is 3.44. The number of nitrogens with one attached hydrogen (secondary N) is 1. The van der Waals surface area contributed by atoms with Gasteiger partial charge in [0.2, 0.25) is 0 Å². The standard InChI is InChI=1S/C17H21F3N2O2.ClH/c18-17(19,20)14-1-3-15(4-2-14)24-11-16(23)22-7-5-12-9-21-10-13(12)6-8-22;/h1-4,12-13,21H,5-11H2;1H/t12-,13+;. The summed E-state index contributed by atoms with van der Waals surface area (Å²) in [5.74, 6) is 1.44. The molecule has 2 saturated heterocycles. The minimum atomic E-state index is -4.37. The van der Waals surface area contributed by atoms with Gasteiger partial charge in [-0.3, -0.25) is 4.79 Å². The number of ether oxygens (including phenoxy) is 1. The lowest BCUT2D eigenvalue weighted by atomic mass is 9.92. The summed E-state index contributed by atoms with van der Waals surface area (Å²) in [4.78, 5) is 14.1. The number of carbonyl (C=O) groups excluding carboxylic acids is 1. The Hall–Kier alpha value is -1.47. The van der Waals surface area contributed by atoms with E-state index in [4.69, 9.17) is 4.74 Å². The number of hydrogen-bond donors (Lipinski definition) is 1. The number of fused-ring (bicyclic) bond motifs is 1. The first kappa shape index (κ1) is 19.8. The first-order chi connectivity index (χ1) is 11.4. The van der Waals surface area contributed by atoms with Crippen LogP contribution in [0.25, 0.3) is 0 Å². The molecule has 2 fully saturated rings. The minimum absolute atomic E-state index is 0. The number of rotatable bonds is 3. The van der Waals surface area contributed by atoms with Crippen molar-refractivity contribution in [3.8, 4) is 5.75 Å². The summed E-state index contributed by atoms with van der Waals surface area (Å²) >= 11 is 0. The Morgan fingerprint density at radius 1 is 1.12 bits per heavy atom. The van der Waals surface area contributed by atoms with Crippen molar-refractivity contribution < 1.29 is 22.7 Å². The number of halogens is 4. The van der Waals surface area contributed by atoms with Crippen molar-refractivity contribution in [3.63, 3.8) is 0 Å². The highest BCUT2D eigenvalue weighted by molar-refractivity contribution is 5.85. The minimum Gasteiger partial charge on any atom is -0.484 e. The zero-order valence-electron chi connectivity index (χ0n) is 13.7. The van der Waals surface area contributed by atoms with E-state index >= 15 is 0 Å². The summed E-state index contributed by atoms with van der Waals surface area (Å²) < 4.78 is 42.9.